The maximum absolute atomic E-state index is 6.12. The lowest BCUT2D eigenvalue weighted by Crippen LogP contribution is -2.41. The highest BCUT2D eigenvalue weighted by Crippen LogP contribution is 2.37. The van der Waals surface area contributed by atoms with Gasteiger partial charge in [0.05, 0.1) is 21.4 Å². The molecule has 6 heteroatoms. The van der Waals surface area contributed by atoms with E-state index in [2.05, 4.69) is 39.6 Å². The summed E-state index contributed by atoms with van der Waals surface area (Å²) in [5, 5.41) is 0.592. The van der Waals surface area contributed by atoms with Crippen molar-refractivity contribution in [2.45, 2.75) is 45.8 Å². The Morgan fingerprint density at radius 3 is 2.35 bits per heavy atom. The molecule has 2 heterocycles. The van der Waals surface area contributed by atoms with Crippen molar-refractivity contribution in [2.75, 3.05) is 5.73 Å². The molecule has 0 saturated carbocycles. The highest BCUT2D eigenvalue weighted by Gasteiger charge is 2.52. The molecule has 0 amide bonds. The number of aryl methyl sites for hydroxylation is 1. The summed E-state index contributed by atoms with van der Waals surface area (Å²) in [5.41, 5.74) is 8.26. The SMILES string of the molecule is Cc1c(B2OC(C)(C)C(C)(C)O2)ccc2nc(N)sc12. The van der Waals surface area contributed by atoms with Crippen LogP contribution in [0.2, 0.25) is 0 Å². The molecule has 0 bridgehead atoms. The van der Waals surface area contributed by atoms with Crippen molar-refractivity contribution in [3.8, 4) is 0 Å². The van der Waals surface area contributed by atoms with Crippen molar-refractivity contribution in [2.24, 2.45) is 0 Å². The molecule has 106 valence electrons. The van der Waals surface area contributed by atoms with Gasteiger partial charge in [-0.1, -0.05) is 17.4 Å². The molecule has 1 aromatic carbocycles. The van der Waals surface area contributed by atoms with Gasteiger partial charge in [-0.2, -0.15) is 0 Å². The Bertz CT molecular complexity index is 665. The van der Waals surface area contributed by atoms with Gasteiger partial charge in [-0.05, 0) is 51.7 Å². The van der Waals surface area contributed by atoms with Crippen molar-refractivity contribution in [3.63, 3.8) is 0 Å². The number of benzene rings is 1. The Labute approximate surface area is 123 Å². The third-order valence-corrected chi connectivity index (χ3v) is 5.39. The average Bonchev–Trinajstić information content (AvgIpc) is 2.78. The van der Waals surface area contributed by atoms with Gasteiger partial charge in [-0.3, -0.25) is 0 Å². The Morgan fingerprint density at radius 1 is 1.15 bits per heavy atom. The van der Waals surface area contributed by atoms with E-state index in [4.69, 9.17) is 15.0 Å². The molecule has 3 rings (SSSR count). The normalized spacial score (nSPS) is 20.8. The van der Waals surface area contributed by atoms with Gasteiger partial charge < -0.3 is 15.0 Å². The fraction of sp³-hybridized carbons (Fsp3) is 0.500. The van der Waals surface area contributed by atoms with Gasteiger partial charge in [0.15, 0.2) is 5.13 Å². The van der Waals surface area contributed by atoms with E-state index in [9.17, 15) is 0 Å². The summed E-state index contributed by atoms with van der Waals surface area (Å²) in [7, 11) is -0.340. The quantitative estimate of drug-likeness (QED) is 0.820. The number of nitrogens with two attached hydrogens (primary N) is 1. The maximum atomic E-state index is 6.12. The summed E-state index contributed by atoms with van der Waals surface area (Å²) in [4.78, 5) is 4.31. The van der Waals surface area contributed by atoms with Crippen LogP contribution in [-0.4, -0.2) is 23.3 Å². The summed E-state index contributed by atoms with van der Waals surface area (Å²) < 4.78 is 13.3. The molecule has 2 N–H and O–H groups in total. The van der Waals surface area contributed by atoms with E-state index in [-0.39, 0.29) is 18.3 Å². The number of aromatic nitrogens is 1. The zero-order chi connectivity index (χ0) is 14.7. The molecule has 0 unspecified atom stereocenters. The van der Waals surface area contributed by atoms with Crippen LogP contribution in [0.1, 0.15) is 33.3 Å². The number of hydrogen-bond acceptors (Lipinski definition) is 5. The van der Waals surface area contributed by atoms with E-state index in [0.717, 1.165) is 21.2 Å². The molecule has 2 aromatic rings. The fourth-order valence-electron chi connectivity index (χ4n) is 2.38. The topological polar surface area (TPSA) is 57.4 Å². The lowest BCUT2D eigenvalue weighted by Gasteiger charge is -2.32. The zero-order valence-electron chi connectivity index (χ0n) is 12.5. The molecular formula is C14H19BN2O2S. The summed E-state index contributed by atoms with van der Waals surface area (Å²) in [6, 6.07) is 4.01. The molecule has 1 aliphatic heterocycles. The Hall–Kier alpha value is -1.11. The molecule has 1 fully saturated rings. The van der Waals surface area contributed by atoms with E-state index in [1.165, 1.54) is 11.3 Å². The number of thiazole rings is 1. The minimum Gasteiger partial charge on any atom is -0.399 e. The Morgan fingerprint density at radius 2 is 1.75 bits per heavy atom. The molecule has 20 heavy (non-hydrogen) atoms. The van der Waals surface area contributed by atoms with E-state index < -0.39 is 0 Å². The first-order chi connectivity index (χ1) is 9.21. The lowest BCUT2D eigenvalue weighted by molar-refractivity contribution is 0.00578. The van der Waals surface area contributed by atoms with Crippen molar-refractivity contribution in [1.29, 1.82) is 0 Å². The Balaban J connectivity index is 2.06. The summed E-state index contributed by atoms with van der Waals surface area (Å²) in [6.07, 6.45) is 0. The molecule has 1 saturated heterocycles. The first-order valence-electron chi connectivity index (χ1n) is 6.72. The molecular weight excluding hydrogens is 271 g/mol. The second-order valence-corrected chi connectivity index (χ2v) is 7.30. The fourth-order valence-corrected chi connectivity index (χ4v) is 3.22. The number of hydrogen-bond donors (Lipinski definition) is 1. The van der Waals surface area contributed by atoms with Gasteiger partial charge in [-0.25, -0.2) is 4.98 Å². The highest BCUT2D eigenvalue weighted by molar-refractivity contribution is 7.22. The van der Waals surface area contributed by atoms with Crippen LogP contribution >= 0.6 is 11.3 Å². The van der Waals surface area contributed by atoms with Gasteiger partial charge in [0, 0.05) is 0 Å². The smallest absolute Gasteiger partial charge is 0.399 e. The maximum Gasteiger partial charge on any atom is 0.495 e. The number of nitrogens with zero attached hydrogens (tertiary/aromatic N) is 1. The average molecular weight is 290 g/mol. The van der Waals surface area contributed by atoms with Gasteiger partial charge in [0.1, 0.15) is 0 Å². The van der Waals surface area contributed by atoms with Crippen LogP contribution in [0, 0.1) is 6.92 Å². The summed E-state index contributed by atoms with van der Waals surface area (Å²) in [5.74, 6) is 0. The predicted molar refractivity (Wildman–Crippen MR) is 84.5 cm³/mol. The molecule has 0 aliphatic carbocycles. The highest BCUT2D eigenvalue weighted by atomic mass is 32.1. The second-order valence-electron chi connectivity index (χ2n) is 6.27. The number of nitrogen functional groups attached to an aromatic ring is 1. The van der Waals surface area contributed by atoms with Gasteiger partial charge in [0.2, 0.25) is 0 Å². The third-order valence-electron chi connectivity index (χ3n) is 4.37. The van der Waals surface area contributed by atoms with E-state index in [1.54, 1.807) is 0 Å². The van der Waals surface area contributed by atoms with Gasteiger partial charge >= 0.3 is 7.12 Å². The van der Waals surface area contributed by atoms with Crippen LogP contribution in [-0.2, 0) is 9.31 Å². The molecule has 1 aliphatic rings. The van der Waals surface area contributed by atoms with Crippen LogP contribution in [0.15, 0.2) is 12.1 Å². The van der Waals surface area contributed by atoms with E-state index >= 15 is 0 Å². The largest absolute Gasteiger partial charge is 0.495 e. The molecule has 0 radical (unpaired) electrons. The summed E-state index contributed by atoms with van der Waals surface area (Å²) >= 11 is 1.51. The minimum absolute atomic E-state index is 0.328. The number of fused-ring (bicyclic) bond motifs is 1. The molecule has 1 aromatic heterocycles. The van der Waals surface area contributed by atoms with Crippen LogP contribution in [0.25, 0.3) is 10.2 Å². The van der Waals surface area contributed by atoms with Crippen LogP contribution < -0.4 is 11.2 Å². The lowest BCUT2D eigenvalue weighted by atomic mass is 9.76. The van der Waals surface area contributed by atoms with Crippen LogP contribution in [0.3, 0.4) is 0 Å². The third kappa shape index (κ3) is 1.94. The number of rotatable bonds is 1. The molecule has 0 spiro atoms. The van der Waals surface area contributed by atoms with Crippen LogP contribution in [0.4, 0.5) is 5.13 Å². The van der Waals surface area contributed by atoms with Crippen LogP contribution in [0.5, 0.6) is 0 Å². The standard InChI is InChI=1S/C14H19BN2O2S/c1-8-9(6-7-10-11(8)20-12(16)17-10)15-18-13(2,3)14(4,5)19-15/h6-7H,1-5H3,(H2,16,17). The van der Waals surface area contributed by atoms with Crippen molar-refractivity contribution >= 4 is 39.3 Å². The molecule has 0 atom stereocenters. The minimum atomic E-state index is -0.340. The number of anilines is 1. The zero-order valence-corrected chi connectivity index (χ0v) is 13.3. The Kier molecular flexibility index (Phi) is 2.91. The first kappa shape index (κ1) is 13.9. The van der Waals surface area contributed by atoms with E-state index in [0.29, 0.717) is 5.13 Å². The second kappa shape index (κ2) is 4.19. The van der Waals surface area contributed by atoms with E-state index in [1.807, 2.05) is 12.1 Å². The first-order valence-corrected chi connectivity index (χ1v) is 7.54. The van der Waals surface area contributed by atoms with Gasteiger partial charge in [0.25, 0.3) is 0 Å². The van der Waals surface area contributed by atoms with Gasteiger partial charge in [-0.15, -0.1) is 0 Å². The van der Waals surface area contributed by atoms with Crippen molar-refractivity contribution < 1.29 is 9.31 Å². The monoisotopic (exact) mass is 290 g/mol. The summed E-state index contributed by atoms with van der Waals surface area (Å²) in [6.45, 7) is 10.3. The van der Waals surface area contributed by atoms with Crippen molar-refractivity contribution in [3.05, 3.63) is 17.7 Å². The predicted octanol–water partition coefficient (Wildman–Crippen LogP) is 2.49. The molecule has 4 nitrogen and oxygen atoms in total. The van der Waals surface area contributed by atoms with Crippen molar-refractivity contribution in [1.82, 2.24) is 4.98 Å².